The minimum Gasteiger partial charge on any atom is -0.338 e. The molecule has 21 heavy (non-hydrogen) atoms. The second kappa shape index (κ2) is 5.63. The van der Waals surface area contributed by atoms with Crippen LogP contribution in [0, 0.1) is 6.92 Å². The Bertz CT molecular complexity index is 651. The Morgan fingerprint density at radius 1 is 1.48 bits per heavy atom. The molecule has 0 N–H and O–H groups in total. The van der Waals surface area contributed by atoms with E-state index in [1.54, 1.807) is 23.3 Å². The molecule has 3 rings (SSSR count). The van der Waals surface area contributed by atoms with Crippen molar-refractivity contribution in [3.63, 3.8) is 0 Å². The molecule has 1 aliphatic rings. The first-order valence-corrected chi connectivity index (χ1v) is 7.28. The molecule has 1 unspecified atom stereocenters. The van der Waals surface area contributed by atoms with Gasteiger partial charge in [-0.05, 0) is 26.3 Å². The number of hydrogen-bond donors (Lipinski definition) is 0. The SMILES string of the molecule is CCn1cc(C(=O)N2CCC(c3nccc(C)n3)C2)cn1. The highest BCUT2D eigenvalue weighted by atomic mass is 16.2. The Balaban J connectivity index is 1.70. The van der Waals surface area contributed by atoms with Gasteiger partial charge < -0.3 is 4.90 Å². The summed E-state index contributed by atoms with van der Waals surface area (Å²) < 4.78 is 1.77. The predicted molar refractivity (Wildman–Crippen MR) is 77.9 cm³/mol. The van der Waals surface area contributed by atoms with Crippen LogP contribution in [0.5, 0.6) is 0 Å². The van der Waals surface area contributed by atoms with Crippen molar-refractivity contribution < 1.29 is 4.79 Å². The van der Waals surface area contributed by atoms with E-state index >= 15 is 0 Å². The molecule has 6 heteroatoms. The topological polar surface area (TPSA) is 63.9 Å². The van der Waals surface area contributed by atoms with Gasteiger partial charge in [-0.1, -0.05) is 0 Å². The van der Waals surface area contributed by atoms with E-state index in [0.717, 1.165) is 31.0 Å². The molecule has 110 valence electrons. The number of rotatable bonds is 3. The molecule has 1 amide bonds. The molecular weight excluding hydrogens is 266 g/mol. The van der Waals surface area contributed by atoms with Crippen LogP contribution in [0.4, 0.5) is 0 Å². The zero-order valence-corrected chi connectivity index (χ0v) is 12.4. The van der Waals surface area contributed by atoms with Crippen molar-refractivity contribution in [2.45, 2.75) is 32.7 Å². The number of aromatic nitrogens is 4. The van der Waals surface area contributed by atoms with Gasteiger partial charge in [0.25, 0.3) is 5.91 Å². The second-order valence-electron chi connectivity index (χ2n) is 5.38. The Hall–Kier alpha value is -2.24. The molecule has 6 nitrogen and oxygen atoms in total. The Morgan fingerprint density at radius 2 is 2.33 bits per heavy atom. The van der Waals surface area contributed by atoms with Crippen LogP contribution in [0.1, 0.15) is 41.1 Å². The maximum atomic E-state index is 12.5. The first kappa shape index (κ1) is 13.7. The molecule has 0 aromatic carbocycles. The number of likely N-dealkylation sites (tertiary alicyclic amines) is 1. The first-order chi connectivity index (χ1) is 10.2. The van der Waals surface area contributed by atoms with Gasteiger partial charge >= 0.3 is 0 Å². The quantitative estimate of drug-likeness (QED) is 0.860. The average Bonchev–Trinajstić information content (AvgIpc) is 3.16. The summed E-state index contributed by atoms with van der Waals surface area (Å²) in [5.74, 6) is 1.12. The fourth-order valence-corrected chi connectivity index (χ4v) is 2.65. The average molecular weight is 285 g/mol. The van der Waals surface area contributed by atoms with E-state index in [4.69, 9.17) is 0 Å². The lowest BCUT2D eigenvalue weighted by molar-refractivity contribution is 0.0790. The summed E-state index contributed by atoms with van der Waals surface area (Å²) in [5, 5.41) is 4.16. The van der Waals surface area contributed by atoms with Crippen LogP contribution in [0.3, 0.4) is 0 Å². The molecule has 1 saturated heterocycles. The fraction of sp³-hybridized carbons (Fsp3) is 0.467. The number of hydrogen-bond acceptors (Lipinski definition) is 4. The van der Waals surface area contributed by atoms with Gasteiger partial charge in [-0.25, -0.2) is 9.97 Å². The van der Waals surface area contributed by atoms with Gasteiger partial charge in [0.05, 0.1) is 11.8 Å². The van der Waals surface area contributed by atoms with Crippen LogP contribution >= 0.6 is 0 Å². The third-order valence-electron chi connectivity index (χ3n) is 3.86. The van der Waals surface area contributed by atoms with E-state index in [9.17, 15) is 4.79 Å². The molecule has 1 fully saturated rings. The number of nitrogens with zero attached hydrogens (tertiary/aromatic N) is 5. The van der Waals surface area contributed by atoms with E-state index in [0.29, 0.717) is 12.1 Å². The number of amides is 1. The monoisotopic (exact) mass is 285 g/mol. The summed E-state index contributed by atoms with van der Waals surface area (Å²) in [4.78, 5) is 23.1. The molecule has 0 radical (unpaired) electrons. The van der Waals surface area contributed by atoms with Crippen molar-refractivity contribution in [2.75, 3.05) is 13.1 Å². The highest BCUT2D eigenvalue weighted by Gasteiger charge is 2.30. The van der Waals surface area contributed by atoms with Crippen LogP contribution in [0.25, 0.3) is 0 Å². The van der Waals surface area contributed by atoms with Gasteiger partial charge in [-0.15, -0.1) is 0 Å². The molecule has 1 aliphatic heterocycles. The van der Waals surface area contributed by atoms with Crippen molar-refractivity contribution in [1.82, 2.24) is 24.6 Å². The maximum absolute atomic E-state index is 12.5. The van der Waals surface area contributed by atoms with Gasteiger partial charge in [0.2, 0.25) is 0 Å². The van der Waals surface area contributed by atoms with E-state index < -0.39 is 0 Å². The zero-order chi connectivity index (χ0) is 14.8. The maximum Gasteiger partial charge on any atom is 0.257 e. The lowest BCUT2D eigenvalue weighted by Crippen LogP contribution is -2.28. The summed E-state index contributed by atoms with van der Waals surface area (Å²) in [6.45, 7) is 6.16. The molecule has 0 saturated carbocycles. The molecule has 2 aromatic heterocycles. The Kier molecular flexibility index (Phi) is 3.68. The van der Waals surface area contributed by atoms with Crippen molar-refractivity contribution in [3.8, 4) is 0 Å². The minimum atomic E-state index is 0.0462. The van der Waals surface area contributed by atoms with Crippen LogP contribution in [-0.4, -0.2) is 43.6 Å². The summed E-state index contributed by atoms with van der Waals surface area (Å²) in [6, 6.07) is 1.89. The van der Waals surface area contributed by atoms with Crippen LogP contribution in [0.2, 0.25) is 0 Å². The summed E-state index contributed by atoms with van der Waals surface area (Å²) in [6.07, 6.45) is 6.14. The lowest BCUT2D eigenvalue weighted by Gasteiger charge is -2.15. The van der Waals surface area contributed by atoms with E-state index in [2.05, 4.69) is 15.1 Å². The van der Waals surface area contributed by atoms with E-state index in [1.807, 2.05) is 24.8 Å². The second-order valence-corrected chi connectivity index (χ2v) is 5.38. The number of carbonyl (C=O) groups is 1. The van der Waals surface area contributed by atoms with Crippen LogP contribution < -0.4 is 0 Å². The predicted octanol–water partition coefficient (Wildman–Crippen LogP) is 1.63. The molecule has 0 aliphatic carbocycles. The van der Waals surface area contributed by atoms with Crippen molar-refractivity contribution in [2.24, 2.45) is 0 Å². The smallest absolute Gasteiger partial charge is 0.257 e. The number of carbonyl (C=O) groups excluding carboxylic acids is 1. The Labute approximate surface area is 123 Å². The van der Waals surface area contributed by atoms with Gasteiger partial charge in [0, 0.05) is 43.6 Å². The highest BCUT2D eigenvalue weighted by molar-refractivity contribution is 5.93. The molecule has 1 atom stereocenters. The van der Waals surface area contributed by atoms with Crippen molar-refractivity contribution in [1.29, 1.82) is 0 Å². The minimum absolute atomic E-state index is 0.0462. The van der Waals surface area contributed by atoms with Crippen molar-refractivity contribution >= 4 is 5.91 Å². The third kappa shape index (κ3) is 2.79. The largest absolute Gasteiger partial charge is 0.338 e. The standard InChI is InChI=1S/C15H19N5O/c1-3-20-10-13(8-17-20)15(21)19-7-5-12(9-19)14-16-6-4-11(2)18-14/h4,6,8,10,12H,3,5,7,9H2,1-2H3. The van der Waals surface area contributed by atoms with Crippen LogP contribution in [-0.2, 0) is 6.54 Å². The first-order valence-electron chi connectivity index (χ1n) is 7.28. The van der Waals surface area contributed by atoms with Crippen molar-refractivity contribution in [3.05, 3.63) is 41.7 Å². The zero-order valence-electron chi connectivity index (χ0n) is 12.4. The van der Waals surface area contributed by atoms with E-state index in [1.165, 1.54) is 0 Å². The van der Waals surface area contributed by atoms with Gasteiger partial charge in [-0.3, -0.25) is 9.48 Å². The van der Waals surface area contributed by atoms with E-state index in [-0.39, 0.29) is 11.8 Å². The normalized spacial score (nSPS) is 18.2. The molecule has 0 bridgehead atoms. The summed E-state index contributed by atoms with van der Waals surface area (Å²) in [5.41, 5.74) is 1.62. The number of aryl methyl sites for hydroxylation is 2. The van der Waals surface area contributed by atoms with Crippen LogP contribution in [0.15, 0.2) is 24.7 Å². The lowest BCUT2D eigenvalue weighted by atomic mass is 10.1. The molecular formula is C15H19N5O. The molecule has 2 aromatic rings. The van der Waals surface area contributed by atoms with Gasteiger partial charge in [-0.2, -0.15) is 5.10 Å². The fourth-order valence-electron chi connectivity index (χ4n) is 2.65. The van der Waals surface area contributed by atoms with Gasteiger partial charge in [0.1, 0.15) is 5.82 Å². The molecule has 3 heterocycles. The third-order valence-corrected chi connectivity index (χ3v) is 3.86. The van der Waals surface area contributed by atoms with Gasteiger partial charge in [0.15, 0.2) is 0 Å². The summed E-state index contributed by atoms with van der Waals surface area (Å²) >= 11 is 0. The molecule has 0 spiro atoms. The Morgan fingerprint density at radius 3 is 3.05 bits per heavy atom. The summed E-state index contributed by atoms with van der Waals surface area (Å²) in [7, 11) is 0. The highest BCUT2D eigenvalue weighted by Crippen LogP contribution is 2.25.